The van der Waals surface area contributed by atoms with Gasteiger partial charge in [-0.25, -0.2) is 0 Å². The monoisotopic (exact) mass is 213 g/mol. The van der Waals surface area contributed by atoms with Gasteiger partial charge in [0, 0.05) is 18.6 Å². The van der Waals surface area contributed by atoms with E-state index >= 15 is 0 Å². The Kier molecular flexibility index (Phi) is 4.54. The number of nitrogens with one attached hydrogen (secondary N) is 1. The van der Waals surface area contributed by atoms with E-state index in [4.69, 9.17) is 5.73 Å². The van der Waals surface area contributed by atoms with E-state index in [1.165, 1.54) is 19.3 Å². The van der Waals surface area contributed by atoms with Crippen molar-refractivity contribution >= 4 is 5.91 Å². The summed E-state index contributed by atoms with van der Waals surface area (Å²) in [5.74, 6) is -0.262. The van der Waals surface area contributed by atoms with Gasteiger partial charge in [-0.05, 0) is 33.7 Å². The van der Waals surface area contributed by atoms with Gasteiger partial charge in [-0.3, -0.25) is 9.69 Å². The molecule has 3 N–H and O–H groups in total. The highest BCUT2D eigenvalue weighted by molar-refractivity contribution is 5.80. The number of carbonyl (C=O) groups excluding carboxylic acids is 1. The zero-order valence-corrected chi connectivity index (χ0v) is 9.99. The molecule has 0 saturated carbocycles. The number of primary amides is 1. The van der Waals surface area contributed by atoms with Gasteiger partial charge in [0.05, 0.1) is 6.04 Å². The summed E-state index contributed by atoms with van der Waals surface area (Å²) in [4.78, 5) is 13.5. The molecule has 4 heteroatoms. The third kappa shape index (κ3) is 3.18. The summed E-state index contributed by atoms with van der Waals surface area (Å²) in [6.07, 6.45) is 3.73. The molecule has 0 aromatic rings. The minimum Gasteiger partial charge on any atom is -0.368 e. The second kappa shape index (κ2) is 5.47. The molecule has 1 saturated heterocycles. The molecule has 0 radical (unpaired) electrons. The summed E-state index contributed by atoms with van der Waals surface area (Å²) in [5.41, 5.74) is 5.33. The molecular formula is C11H23N3O. The van der Waals surface area contributed by atoms with Crippen molar-refractivity contribution < 1.29 is 4.79 Å². The molecule has 88 valence electrons. The predicted molar refractivity (Wildman–Crippen MR) is 61.5 cm³/mol. The van der Waals surface area contributed by atoms with E-state index in [-0.39, 0.29) is 11.9 Å². The molecule has 1 aliphatic heterocycles. The van der Waals surface area contributed by atoms with Crippen LogP contribution in [-0.2, 0) is 4.79 Å². The molecule has 0 aromatic carbocycles. The molecule has 3 unspecified atom stereocenters. The molecular weight excluding hydrogens is 190 g/mol. The third-order valence-corrected chi connectivity index (χ3v) is 3.46. The second-order valence-electron chi connectivity index (χ2n) is 4.57. The van der Waals surface area contributed by atoms with Crippen molar-refractivity contribution in [3.8, 4) is 0 Å². The lowest BCUT2D eigenvalue weighted by Crippen LogP contribution is -2.53. The molecule has 0 spiro atoms. The molecule has 1 rings (SSSR count). The van der Waals surface area contributed by atoms with Crippen molar-refractivity contribution in [2.75, 3.05) is 13.6 Å². The van der Waals surface area contributed by atoms with Crippen LogP contribution in [0.2, 0.25) is 0 Å². The highest BCUT2D eigenvalue weighted by Gasteiger charge is 2.28. The van der Waals surface area contributed by atoms with Crippen molar-refractivity contribution in [1.29, 1.82) is 0 Å². The lowest BCUT2D eigenvalue weighted by molar-refractivity contribution is -0.120. The first-order valence-electron chi connectivity index (χ1n) is 5.78. The molecule has 0 aliphatic carbocycles. The minimum atomic E-state index is -0.262. The molecule has 3 atom stereocenters. The van der Waals surface area contributed by atoms with Gasteiger partial charge < -0.3 is 11.1 Å². The quantitative estimate of drug-likeness (QED) is 0.707. The highest BCUT2D eigenvalue weighted by atomic mass is 16.1. The van der Waals surface area contributed by atoms with E-state index in [1.54, 1.807) is 7.05 Å². The number of nitrogens with two attached hydrogens (primary N) is 1. The summed E-state index contributed by atoms with van der Waals surface area (Å²) >= 11 is 0. The molecule has 15 heavy (non-hydrogen) atoms. The Morgan fingerprint density at radius 1 is 1.47 bits per heavy atom. The van der Waals surface area contributed by atoms with Gasteiger partial charge in [-0.2, -0.15) is 0 Å². The number of hydrogen-bond acceptors (Lipinski definition) is 3. The van der Waals surface area contributed by atoms with Gasteiger partial charge in [-0.1, -0.05) is 6.42 Å². The first-order chi connectivity index (χ1) is 7.06. The van der Waals surface area contributed by atoms with E-state index in [2.05, 4.69) is 24.1 Å². The fraction of sp³-hybridized carbons (Fsp3) is 0.909. The number of hydrogen-bond donors (Lipinski definition) is 2. The van der Waals surface area contributed by atoms with E-state index in [0.29, 0.717) is 12.1 Å². The SMILES string of the molecule is CNC(CN1C(C)CCCC1C)C(N)=O. The minimum absolute atomic E-state index is 0.229. The molecule has 1 fully saturated rings. The van der Waals surface area contributed by atoms with E-state index in [0.717, 1.165) is 6.54 Å². The van der Waals surface area contributed by atoms with Crippen LogP contribution >= 0.6 is 0 Å². The molecule has 1 amide bonds. The van der Waals surface area contributed by atoms with Crippen LogP contribution < -0.4 is 11.1 Å². The maximum atomic E-state index is 11.2. The Balaban J connectivity index is 2.56. The molecule has 0 bridgehead atoms. The number of nitrogens with zero attached hydrogens (tertiary/aromatic N) is 1. The number of rotatable bonds is 4. The highest BCUT2D eigenvalue weighted by Crippen LogP contribution is 2.22. The van der Waals surface area contributed by atoms with Crippen molar-refractivity contribution in [2.24, 2.45) is 5.73 Å². The summed E-state index contributed by atoms with van der Waals surface area (Å²) in [6, 6.07) is 0.890. The van der Waals surface area contributed by atoms with Crippen LogP contribution in [0.1, 0.15) is 33.1 Å². The van der Waals surface area contributed by atoms with Crippen molar-refractivity contribution in [3.05, 3.63) is 0 Å². The Labute approximate surface area is 92.2 Å². The maximum Gasteiger partial charge on any atom is 0.235 e. The topological polar surface area (TPSA) is 58.4 Å². The Hall–Kier alpha value is -0.610. The van der Waals surface area contributed by atoms with Crippen molar-refractivity contribution in [1.82, 2.24) is 10.2 Å². The summed E-state index contributed by atoms with van der Waals surface area (Å²) in [7, 11) is 1.79. The predicted octanol–water partition coefficient (Wildman–Crippen LogP) is 0.323. The van der Waals surface area contributed by atoms with E-state index in [1.807, 2.05) is 0 Å². The Bertz CT molecular complexity index is 210. The normalized spacial score (nSPS) is 30.1. The fourth-order valence-corrected chi connectivity index (χ4v) is 2.37. The van der Waals surface area contributed by atoms with Crippen LogP contribution in [0.25, 0.3) is 0 Å². The zero-order valence-electron chi connectivity index (χ0n) is 9.99. The summed E-state index contributed by atoms with van der Waals surface area (Å²) in [5, 5.41) is 2.97. The Morgan fingerprint density at radius 3 is 2.40 bits per heavy atom. The first kappa shape index (κ1) is 12.5. The zero-order chi connectivity index (χ0) is 11.4. The maximum absolute atomic E-state index is 11.2. The van der Waals surface area contributed by atoms with Gasteiger partial charge in [0.2, 0.25) is 5.91 Å². The Morgan fingerprint density at radius 2 is 2.00 bits per heavy atom. The van der Waals surface area contributed by atoms with Crippen LogP contribution in [0.5, 0.6) is 0 Å². The largest absolute Gasteiger partial charge is 0.368 e. The van der Waals surface area contributed by atoms with Gasteiger partial charge >= 0.3 is 0 Å². The average Bonchev–Trinajstić information content (AvgIpc) is 2.17. The molecule has 1 heterocycles. The van der Waals surface area contributed by atoms with E-state index in [9.17, 15) is 4.79 Å². The lowest BCUT2D eigenvalue weighted by atomic mass is 9.97. The smallest absolute Gasteiger partial charge is 0.235 e. The van der Waals surface area contributed by atoms with Crippen molar-refractivity contribution in [3.63, 3.8) is 0 Å². The molecule has 4 nitrogen and oxygen atoms in total. The average molecular weight is 213 g/mol. The van der Waals surface area contributed by atoms with Gasteiger partial charge in [0.1, 0.15) is 0 Å². The van der Waals surface area contributed by atoms with Crippen LogP contribution in [0, 0.1) is 0 Å². The van der Waals surface area contributed by atoms with Crippen LogP contribution in [0.4, 0.5) is 0 Å². The van der Waals surface area contributed by atoms with Gasteiger partial charge in [0.15, 0.2) is 0 Å². The number of piperidine rings is 1. The lowest BCUT2D eigenvalue weighted by Gasteiger charge is -2.40. The number of carbonyl (C=O) groups is 1. The molecule has 1 aliphatic rings. The van der Waals surface area contributed by atoms with Gasteiger partial charge in [0.25, 0.3) is 0 Å². The van der Waals surface area contributed by atoms with Crippen LogP contribution in [0.3, 0.4) is 0 Å². The van der Waals surface area contributed by atoms with Gasteiger partial charge in [-0.15, -0.1) is 0 Å². The number of likely N-dealkylation sites (N-methyl/N-ethyl adjacent to an activating group) is 1. The second-order valence-corrected chi connectivity index (χ2v) is 4.57. The van der Waals surface area contributed by atoms with E-state index < -0.39 is 0 Å². The fourth-order valence-electron chi connectivity index (χ4n) is 2.37. The summed E-state index contributed by atoms with van der Waals surface area (Å²) < 4.78 is 0. The van der Waals surface area contributed by atoms with Crippen molar-refractivity contribution in [2.45, 2.75) is 51.2 Å². The number of likely N-dealkylation sites (tertiary alicyclic amines) is 1. The molecule has 0 aromatic heterocycles. The number of amides is 1. The van der Waals surface area contributed by atoms with Crippen LogP contribution in [0.15, 0.2) is 0 Å². The third-order valence-electron chi connectivity index (χ3n) is 3.46. The standard InChI is InChI=1S/C11H23N3O/c1-8-5-4-6-9(2)14(8)7-10(13-3)11(12)15/h8-10,13H,4-7H2,1-3H3,(H2,12,15). The summed E-state index contributed by atoms with van der Waals surface area (Å²) in [6.45, 7) is 5.18. The first-order valence-corrected chi connectivity index (χ1v) is 5.78. The van der Waals surface area contributed by atoms with Crippen LogP contribution in [-0.4, -0.2) is 42.5 Å².